The van der Waals surface area contributed by atoms with Gasteiger partial charge in [-0.1, -0.05) is 37.5 Å². The predicted octanol–water partition coefficient (Wildman–Crippen LogP) is 1.70. The zero-order valence-corrected chi connectivity index (χ0v) is 11.9. The summed E-state index contributed by atoms with van der Waals surface area (Å²) < 4.78 is 34.1. The summed E-state index contributed by atoms with van der Waals surface area (Å²) in [6.45, 7) is 0.938. The number of nitrogens with one attached hydrogen (secondary N) is 2. The van der Waals surface area contributed by atoms with Crippen LogP contribution in [0.25, 0.3) is 11.5 Å². The van der Waals surface area contributed by atoms with E-state index in [1.54, 1.807) is 0 Å². The van der Waals surface area contributed by atoms with Crippen LogP contribution < -0.4 is 0 Å². The smallest absolute Gasteiger partial charge is 0.759 e. The maximum atomic E-state index is 8.52. The molecule has 0 aliphatic heterocycles. The molecule has 16 heavy (non-hydrogen) atoms. The van der Waals surface area contributed by atoms with Crippen molar-refractivity contribution >= 4 is 10.4 Å². The third kappa shape index (κ3) is 9.69. The Morgan fingerprint density at radius 3 is 1.50 bits per heavy atom. The molecule has 1 aliphatic rings. The molecule has 1 aliphatic carbocycles. The first-order chi connectivity index (χ1) is 6.83. The molecule has 0 bridgehead atoms. The van der Waals surface area contributed by atoms with E-state index in [0.717, 1.165) is 12.8 Å². The quantitative estimate of drug-likeness (QED) is 0.487. The maximum Gasteiger partial charge on any atom is 4.00 e. The van der Waals surface area contributed by atoms with Crippen LogP contribution in [0.1, 0.15) is 32.1 Å². The Morgan fingerprint density at radius 2 is 1.31 bits per heavy atom. The number of hydrogen-bond acceptors (Lipinski definition) is 4. The average Bonchev–Trinajstić information content (AvgIpc) is 2.16. The van der Waals surface area contributed by atoms with Gasteiger partial charge in [-0.2, -0.15) is 0 Å². The Kier molecular flexibility index (Phi) is 10.1. The molecule has 8 heteroatoms. The van der Waals surface area contributed by atoms with Crippen LogP contribution in [0.5, 0.6) is 0 Å². The maximum absolute atomic E-state index is 8.52. The van der Waals surface area contributed by atoms with E-state index in [0.29, 0.717) is 13.1 Å². The van der Waals surface area contributed by atoms with E-state index in [1.165, 1.54) is 19.3 Å². The molecular formula is C8H16N2O4PtS. The van der Waals surface area contributed by atoms with Crippen LogP contribution in [0, 0.1) is 5.41 Å². The van der Waals surface area contributed by atoms with E-state index >= 15 is 0 Å². The van der Waals surface area contributed by atoms with Crippen molar-refractivity contribution in [2.45, 2.75) is 32.1 Å². The first-order valence-corrected chi connectivity index (χ1v) is 6.12. The normalized spacial score (nSPS) is 19.0. The molecule has 98 valence electrons. The minimum Gasteiger partial charge on any atom is -0.759 e. The summed E-state index contributed by atoms with van der Waals surface area (Å²) in [7, 11) is -5.17. The Labute approximate surface area is 111 Å². The zero-order chi connectivity index (χ0) is 11.9. The Balaban J connectivity index is 0. The molecule has 1 fully saturated rings. The molecule has 2 N–H and O–H groups in total. The molecule has 0 saturated heterocycles. The molecule has 0 heterocycles. The Hall–Kier alpha value is 0.478. The third-order valence-corrected chi connectivity index (χ3v) is 2.66. The molecule has 0 unspecified atom stereocenters. The van der Waals surface area contributed by atoms with Crippen molar-refractivity contribution in [3.05, 3.63) is 11.5 Å². The zero-order valence-electron chi connectivity index (χ0n) is 8.81. The van der Waals surface area contributed by atoms with Crippen LogP contribution in [0.4, 0.5) is 0 Å². The summed E-state index contributed by atoms with van der Waals surface area (Å²) in [6, 6.07) is 0. The van der Waals surface area contributed by atoms with Gasteiger partial charge in [0.1, 0.15) is 0 Å². The summed E-state index contributed by atoms with van der Waals surface area (Å²) >= 11 is 0. The van der Waals surface area contributed by atoms with Crippen LogP contribution in [0.15, 0.2) is 0 Å². The largest absolute Gasteiger partial charge is 4.00 e. The molecular weight excluding hydrogens is 415 g/mol. The molecule has 0 spiro atoms. The molecule has 0 aromatic rings. The predicted molar refractivity (Wildman–Crippen MR) is 54.4 cm³/mol. The fourth-order valence-electron chi connectivity index (χ4n) is 1.72. The standard InChI is InChI=1S/C8H16N2.H2O4S.Pt/c9-6-8(7-10)4-2-1-3-5-8;1-5(2,3)4;/h9-10H,1-7H2;(H2,1,2,3,4);/q-2;;+4/p-2. The SMILES string of the molecule is O=S(=O)([O-])[O-].[NH-]CC1(C[NH-])CCCCC1.[Pt+4]. The van der Waals surface area contributed by atoms with E-state index in [-0.39, 0.29) is 26.5 Å². The van der Waals surface area contributed by atoms with Crippen molar-refractivity contribution in [1.29, 1.82) is 0 Å². The van der Waals surface area contributed by atoms with E-state index in [4.69, 9.17) is 29.0 Å². The second-order valence-corrected chi connectivity index (χ2v) is 4.64. The van der Waals surface area contributed by atoms with Gasteiger partial charge in [0.05, 0.1) is 0 Å². The summed E-state index contributed by atoms with van der Waals surface area (Å²) in [5.74, 6) is 0. The van der Waals surface area contributed by atoms with Gasteiger partial charge in [-0.15, -0.1) is 13.1 Å². The van der Waals surface area contributed by atoms with Gasteiger partial charge in [0.25, 0.3) is 0 Å². The van der Waals surface area contributed by atoms with Gasteiger partial charge >= 0.3 is 21.1 Å². The molecule has 0 amide bonds. The van der Waals surface area contributed by atoms with Gasteiger partial charge in [-0.25, -0.2) is 0 Å². The molecule has 0 radical (unpaired) electrons. The second kappa shape index (κ2) is 8.55. The van der Waals surface area contributed by atoms with Crippen molar-refractivity contribution < 1.29 is 38.6 Å². The van der Waals surface area contributed by atoms with Gasteiger partial charge in [0.15, 0.2) is 0 Å². The van der Waals surface area contributed by atoms with Gasteiger partial charge in [-0.3, -0.25) is 8.42 Å². The van der Waals surface area contributed by atoms with Gasteiger partial charge in [-0.05, 0) is 0 Å². The number of rotatable bonds is 2. The summed E-state index contributed by atoms with van der Waals surface area (Å²) in [5.41, 5.74) is 14.7. The topological polar surface area (TPSA) is 128 Å². The monoisotopic (exact) mass is 431 g/mol. The van der Waals surface area contributed by atoms with Crippen molar-refractivity contribution in [2.24, 2.45) is 5.41 Å². The molecule has 6 nitrogen and oxygen atoms in total. The van der Waals surface area contributed by atoms with Crippen molar-refractivity contribution in [3.63, 3.8) is 0 Å². The van der Waals surface area contributed by atoms with E-state index < -0.39 is 10.4 Å². The first-order valence-electron chi connectivity index (χ1n) is 4.79. The van der Waals surface area contributed by atoms with Crippen LogP contribution >= 0.6 is 0 Å². The van der Waals surface area contributed by atoms with E-state index in [1.807, 2.05) is 0 Å². The minimum atomic E-state index is -5.17. The van der Waals surface area contributed by atoms with Crippen molar-refractivity contribution in [3.8, 4) is 0 Å². The summed E-state index contributed by atoms with van der Waals surface area (Å²) in [5, 5.41) is 0. The average molecular weight is 431 g/mol. The van der Waals surface area contributed by atoms with Gasteiger partial charge in [0, 0.05) is 10.4 Å². The summed E-state index contributed by atoms with van der Waals surface area (Å²) in [6.07, 6.45) is 6.07. The second-order valence-electron chi connectivity index (χ2n) is 3.82. The van der Waals surface area contributed by atoms with E-state index in [9.17, 15) is 0 Å². The Bertz CT molecular complexity index is 251. The van der Waals surface area contributed by atoms with Crippen LogP contribution in [0.2, 0.25) is 0 Å². The Morgan fingerprint density at radius 1 is 1.00 bits per heavy atom. The molecule has 1 rings (SSSR count). The first kappa shape index (κ1) is 18.8. The van der Waals surface area contributed by atoms with E-state index in [2.05, 4.69) is 0 Å². The third-order valence-electron chi connectivity index (χ3n) is 2.66. The molecule has 0 aromatic carbocycles. The van der Waals surface area contributed by atoms with Crippen molar-refractivity contribution in [1.82, 2.24) is 0 Å². The van der Waals surface area contributed by atoms with Crippen LogP contribution in [-0.4, -0.2) is 30.6 Å². The van der Waals surface area contributed by atoms with Gasteiger partial charge in [0.2, 0.25) is 0 Å². The summed E-state index contributed by atoms with van der Waals surface area (Å²) in [4.78, 5) is 0. The molecule has 0 atom stereocenters. The van der Waals surface area contributed by atoms with Gasteiger partial charge < -0.3 is 20.6 Å². The fourth-order valence-corrected chi connectivity index (χ4v) is 1.72. The van der Waals surface area contributed by atoms with Crippen LogP contribution in [-0.2, 0) is 31.5 Å². The molecule has 0 aromatic heterocycles. The number of hydrogen-bond donors (Lipinski definition) is 0. The van der Waals surface area contributed by atoms with Crippen molar-refractivity contribution in [2.75, 3.05) is 13.1 Å². The fraction of sp³-hybridized carbons (Fsp3) is 1.00. The minimum absolute atomic E-state index is 0. The van der Waals surface area contributed by atoms with Crippen LogP contribution in [0.3, 0.4) is 0 Å². The molecule has 1 saturated carbocycles.